The summed E-state index contributed by atoms with van der Waals surface area (Å²) >= 11 is 5.73. The normalized spacial score (nSPS) is 25.4. The standard InChI is InChI=1S/C10H15ClF3NO2/c1-7-2-3-15(8(7)4-11)9(16)5-17-6-10(12,13)14/h7-8H,2-6H2,1H3. The number of ether oxygens (including phenoxy) is 1. The van der Waals surface area contributed by atoms with E-state index in [-0.39, 0.29) is 12.0 Å². The molecule has 0 saturated carbocycles. The summed E-state index contributed by atoms with van der Waals surface area (Å²) in [6.07, 6.45) is -3.58. The minimum Gasteiger partial charge on any atom is -0.362 e. The van der Waals surface area contributed by atoms with Crippen LogP contribution in [-0.2, 0) is 9.53 Å². The van der Waals surface area contributed by atoms with Crippen LogP contribution in [-0.4, -0.2) is 48.7 Å². The zero-order valence-electron chi connectivity index (χ0n) is 9.47. The number of amides is 1. The van der Waals surface area contributed by atoms with Crippen molar-refractivity contribution in [3.63, 3.8) is 0 Å². The van der Waals surface area contributed by atoms with Gasteiger partial charge in [-0.15, -0.1) is 11.6 Å². The Bertz CT molecular complexity index is 273. The summed E-state index contributed by atoms with van der Waals surface area (Å²) in [5, 5.41) is 0. The summed E-state index contributed by atoms with van der Waals surface area (Å²) in [6.45, 7) is 0.566. The van der Waals surface area contributed by atoms with E-state index in [0.717, 1.165) is 6.42 Å². The second-order valence-corrected chi connectivity index (χ2v) is 4.49. The molecule has 0 bridgehead atoms. The van der Waals surface area contributed by atoms with Gasteiger partial charge in [-0.2, -0.15) is 13.2 Å². The molecule has 1 rings (SSSR count). The molecule has 0 N–H and O–H groups in total. The Kier molecular flexibility index (Phi) is 5.06. The molecule has 1 amide bonds. The van der Waals surface area contributed by atoms with Crippen LogP contribution in [0.4, 0.5) is 13.2 Å². The van der Waals surface area contributed by atoms with Crippen molar-refractivity contribution in [2.45, 2.75) is 25.6 Å². The Labute approximate surface area is 103 Å². The third-order valence-electron chi connectivity index (χ3n) is 2.85. The first-order chi connectivity index (χ1) is 7.85. The summed E-state index contributed by atoms with van der Waals surface area (Å²) < 4.78 is 39.8. The van der Waals surface area contributed by atoms with Gasteiger partial charge >= 0.3 is 6.18 Å². The fourth-order valence-electron chi connectivity index (χ4n) is 1.89. The van der Waals surface area contributed by atoms with Crippen molar-refractivity contribution in [3.8, 4) is 0 Å². The minimum atomic E-state index is -4.40. The van der Waals surface area contributed by atoms with Crippen molar-refractivity contribution >= 4 is 17.5 Å². The molecule has 2 atom stereocenters. The summed E-state index contributed by atoms with van der Waals surface area (Å²) in [4.78, 5) is 13.1. The first-order valence-corrected chi connectivity index (χ1v) is 5.88. The highest BCUT2D eigenvalue weighted by Crippen LogP contribution is 2.25. The van der Waals surface area contributed by atoms with Crippen LogP contribution in [0.25, 0.3) is 0 Å². The number of likely N-dealkylation sites (tertiary alicyclic amines) is 1. The van der Waals surface area contributed by atoms with Crippen LogP contribution in [0.3, 0.4) is 0 Å². The summed E-state index contributed by atoms with van der Waals surface area (Å²) in [5.41, 5.74) is 0. The molecule has 1 saturated heterocycles. The molecule has 1 fully saturated rings. The summed E-state index contributed by atoms with van der Waals surface area (Å²) in [5.74, 6) is 0.148. The Hall–Kier alpha value is -0.490. The van der Waals surface area contributed by atoms with Crippen molar-refractivity contribution in [1.29, 1.82) is 0 Å². The SMILES string of the molecule is CC1CCN(C(=O)COCC(F)(F)F)C1CCl. The number of rotatable bonds is 4. The number of hydrogen-bond acceptors (Lipinski definition) is 2. The molecule has 1 heterocycles. The van der Waals surface area contributed by atoms with Crippen LogP contribution in [0.1, 0.15) is 13.3 Å². The molecule has 17 heavy (non-hydrogen) atoms. The highest BCUT2D eigenvalue weighted by molar-refractivity contribution is 6.18. The maximum atomic E-state index is 11.8. The highest BCUT2D eigenvalue weighted by atomic mass is 35.5. The molecule has 2 unspecified atom stereocenters. The van der Waals surface area contributed by atoms with Crippen molar-refractivity contribution in [1.82, 2.24) is 4.90 Å². The molecule has 3 nitrogen and oxygen atoms in total. The van der Waals surface area contributed by atoms with Gasteiger partial charge in [0.25, 0.3) is 0 Å². The van der Waals surface area contributed by atoms with Crippen molar-refractivity contribution in [2.75, 3.05) is 25.6 Å². The molecule has 1 aliphatic rings. The fourth-order valence-corrected chi connectivity index (χ4v) is 2.36. The van der Waals surface area contributed by atoms with Crippen LogP contribution < -0.4 is 0 Å². The third kappa shape index (κ3) is 4.35. The molecule has 7 heteroatoms. The van der Waals surface area contributed by atoms with Crippen LogP contribution in [0.5, 0.6) is 0 Å². The van der Waals surface area contributed by atoms with Gasteiger partial charge < -0.3 is 9.64 Å². The lowest BCUT2D eigenvalue weighted by atomic mass is 10.1. The van der Waals surface area contributed by atoms with Gasteiger partial charge in [0, 0.05) is 18.5 Å². The second-order valence-electron chi connectivity index (χ2n) is 4.18. The zero-order valence-corrected chi connectivity index (χ0v) is 10.2. The lowest BCUT2D eigenvalue weighted by molar-refractivity contribution is -0.178. The average molecular weight is 274 g/mol. The molecule has 0 aliphatic carbocycles. The maximum absolute atomic E-state index is 11.8. The van der Waals surface area contributed by atoms with Crippen molar-refractivity contribution < 1.29 is 22.7 Å². The summed E-state index contributed by atoms with van der Waals surface area (Å²) in [6, 6.07) is -0.0985. The van der Waals surface area contributed by atoms with Crippen LogP contribution in [0.2, 0.25) is 0 Å². The lowest BCUT2D eigenvalue weighted by Crippen LogP contribution is -2.41. The van der Waals surface area contributed by atoms with Gasteiger partial charge in [-0.25, -0.2) is 0 Å². The molecular weight excluding hydrogens is 259 g/mol. The van der Waals surface area contributed by atoms with Gasteiger partial charge in [-0.1, -0.05) is 6.92 Å². The minimum absolute atomic E-state index is 0.0985. The topological polar surface area (TPSA) is 29.5 Å². The number of alkyl halides is 4. The van der Waals surface area contributed by atoms with Gasteiger partial charge in [0.2, 0.25) is 5.91 Å². The monoisotopic (exact) mass is 273 g/mol. The van der Waals surface area contributed by atoms with Crippen LogP contribution >= 0.6 is 11.6 Å². The van der Waals surface area contributed by atoms with Gasteiger partial charge in [0.05, 0.1) is 0 Å². The second kappa shape index (κ2) is 5.91. The van der Waals surface area contributed by atoms with Gasteiger partial charge in [-0.05, 0) is 12.3 Å². The Balaban J connectivity index is 2.38. The zero-order chi connectivity index (χ0) is 13.1. The molecule has 0 spiro atoms. The number of hydrogen-bond donors (Lipinski definition) is 0. The van der Waals surface area contributed by atoms with Crippen molar-refractivity contribution in [2.24, 2.45) is 5.92 Å². The Morgan fingerprint density at radius 1 is 1.53 bits per heavy atom. The largest absolute Gasteiger partial charge is 0.411 e. The van der Waals surface area contributed by atoms with E-state index in [9.17, 15) is 18.0 Å². The van der Waals surface area contributed by atoms with E-state index >= 15 is 0 Å². The number of halogens is 4. The van der Waals surface area contributed by atoms with Gasteiger partial charge in [-0.3, -0.25) is 4.79 Å². The van der Waals surface area contributed by atoms with Crippen molar-refractivity contribution in [3.05, 3.63) is 0 Å². The molecule has 0 aromatic rings. The van der Waals surface area contributed by atoms with Gasteiger partial charge in [0.1, 0.15) is 13.2 Å². The molecular formula is C10H15ClF3NO2. The van der Waals surface area contributed by atoms with E-state index in [0.29, 0.717) is 12.4 Å². The first kappa shape index (κ1) is 14.6. The van der Waals surface area contributed by atoms with E-state index in [1.165, 1.54) is 4.90 Å². The number of carbonyl (C=O) groups excluding carboxylic acids is 1. The van der Waals surface area contributed by atoms with Crippen LogP contribution in [0, 0.1) is 5.92 Å². The quantitative estimate of drug-likeness (QED) is 0.734. The van der Waals surface area contributed by atoms with E-state index < -0.39 is 25.3 Å². The number of nitrogens with zero attached hydrogens (tertiary/aromatic N) is 1. The van der Waals surface area contributed by atoms with E-state index in [4.69, 9.17) is 11.6 Å². The molecule has 0 aromatic carbocycles. The van der Waals surface area contributed by atoms with E-state index in [1.54, 1.807) is 0 Å². The fraction of sp³-hybridized carbons (Fsp3) is 0.900. The summed E-state index contributed by atoms with van der Waals surface area (Å²) in [7, 11) is 0. The molecule has 0 radical (unpaired) electrons. The van der Waals surface area contributed by atoms with Crippen LogP contribution in [0.15, 0.2) is 0 Å². The third-order valence-corrected chi connectivity index (χ3v) is 3.17. The average Bonchev–Trinajstić information content (AvgIpc) is 2.57. The highest BCUT2D eigenvalue weighted by Gasteiger charge is 2.34. The molecule has 100 valence electrons. The lowest BCUT2D eigenvalue weighted by Gasteiger charge is -2.25. The predicted octanol–water partition coefficient (Wildman–Crippen LogP) is 2.04. The van der Waals surface area contributed by atoms with Gasteiger partial charge in [0.15, 0.2) is 0 Å². The van der Waals surface area contributed by atoms with E-state index in [2.05, 4.69) is 4.74 Å². The first-order valence-electron chi connectivity index (χ1n) is 5.35. The smallest absolute Gasteiger partial charge is 0.362 e. The molecule has 1 aliphatic heterocycles. The Morgan fingerprint density at radius 2 is 2.18 bits per heavy atom. The maximum Gasteiger partial charge on any atom is 0.411 e. The predicted molar refractivity (Wildman–Crippen MR) is 56.9 cm³/mol. The Morgan fingerprint density at radius 3 is 2.71 bits per heavy atom. The molecule has 0 aromatic heterocycles. The number of carbonyl (C=O) groups is 1. The van der Waals surface area contributed by atoms with E-state index in [1.807, 2.05) is 6.92 Å².